The average molecular weight is 295 g/mol. The summed E-state index contributed by atoms with van der Waals surface area (Å²) < 4.78 is 1.90. The van der Waals surface area contributed by atoms with Crippen LogP contribution in [0, 0.1) is 0 Å². The fourth-order valence-electron chi connectivity index (χ4n) is 1.69. The lowest BCUT2D eigenvalue weighted by molar-refractivity contribution is 0.0949. The van der Waals surface area contributed by atoms with E-state index in [0.29, 0.717) is 18.8 Å². The largest absolute Gasteiger partial charge is 0.350 e. The number of aryl methyl sites for hydroxylation is 1. The van der Waals surface area contributed by atoms with Gasteiger partial charge in [-0.25, -0.2) is 15.8 Å². The number of aromatic nitrogens is 3. The molecule has 0 unspecified atom stereocenters. The normalized spacial score (nSPS) is 10.3. The smallest absolute Gasteiger partial charge is 0.271 e. The van der Waals surface area contributed by atoms with E-state index in [0.717, 1.165) is 5.82 Å². The predicted octanol–water partition coefficient (Wildman–Crippen LogP) is 0.727. The summed E-state index contributed by atoms with van der Waals surface area (Å²) in [6.07, 6.45) is 4.19. The lowest BCUT2D eigenvalue weighted by atomic mass is 10.3. The van der Waals surface area contributed by atoms with Crippen LogP contribution >= 0.6 is 11.6 Å². The number of halogens is 1. The molecule has 106 valence electrons. The molecule has 0 saturated heterocycles. The summed E-state index contributed by atoms with van der Waals surface area (Å²) >= 11 is 5.94. The highest BCUT2D eigenvalue weighted by atomic mass is 35.5. The second-order valence-electron chi connectivity index (χ2n) is 4.13. The summed E-state index contributed by atoms with van der Waals surface area (Å²) in [5.41, 5.74) is 2.51. The van der Waals surface area contributed by atoms with E-state index < -0.39 is 0 Å². The van der Waals surface area contributed by atoms with Gasteiger partial charge in [-0.3, -0.25) is 4.79 Å². The van der Waals surface area contributed by atoms with Crippen LogP contribution in [0.3, 0.4) is 0 Å². The van der Waals surface area contributed by atoms with Gasteiger partial charge in [0.2, 0.25) is 0 Å². The number of nitrogens with one attached hydrogen (secondary N) is 2. The first-order valence-electron chi connectivity index (χ1n) is 5.99. The maximum absolute atomic E-state index is 12.0. The molecule has 0 aliphatic rings. The van der Waals surface area contributed by atoms with Gasteiger partial charge in [-0.05, 0) is 12.1 Å². The van der Waals surface area contributed by atoms with E-state index in [4.69, 9.17) is 17.4 Å². The molecule has 0 aliphatic heterocycles. The van der Waals surface area contributed by atoms with Crippen molar-refractivity contribution in [2.24, 2.45) is 12.9 Å². The Morgan fingerprint density at radius 3 is 2.95 bits per heavy atom. The zero-order valence-corrected chi connectivity index (χ0v) is 11.7. The standard InChI is InChI=1S/C12H15ClN6O/c1-19-7-6-15-10(19)4-5-16-12(20)11-8(13)2-3-9(17-11)18-14/h2-3,6-7H,4-5,14H2,1H3,(H,16,20)(H,17,18). The monoisotopic (exact) mass is 294 g/mol. The molecule has 0 fully saturated rings. The summed E-state index contributed by atoms with van der Waals surface area (Å²) in [4.78, 5) is 20.2. The summed E-state index contributed by atoms with van der Waals surface area (Å²) in [5.74, 6) is 6.17. The van der Waals surface area contributed by atoms with Crippen molar-refractivity contribution in [1.82, 2.24) is 19.9 Å². The molecule has 7 nitrogen and oxygen atoms in total. The average Bonchev–Trinajstić information content (AvgIpc) is 2.85. The van der Waals surface area contributed by atoms with E-state index in [1.165, 1.54) is 0 Å². The minimum absolute atomic E-state index is 0.141. The van der Waals surface area contributed by atoms with Crippen LogP contribution in [0.1, 0.15) is 16.3 Å². The SMILES string of the molecule is Cn1ccnc1CCNC(=O)c1nc(NN)ccc1Cl. The molecule has 0 aromatic carbocycles. The second kappa shape index (κ2) is 6.36. The number of carbonyl (C=O) groups is 1. The third kappa shape index (κ3) is 3.25. The predicted molar refractivity (Wildman–Crippen MR) is 76.3 cm³/mol. The third-order valence-corrected chi connectivity index (χ3v) is 3.07. The van der Waals surface area contributed by atoms with Crippen molar-refractivity contribution in [2.75, 3.05) is 12.0 Å². The quantitative estimate of drug-likeness (QED) is 0.558. The van der Waals surface area contributed by atoms with Gasteiger partial charge in [0.25, 0.3) is 5.91 Å². The maximum atomic E-state index is 12.0. The molecule has 0 spiro atoms. The van der Waals surface area contributed by atoms with Crippen LogP contribution in [-0.2, 0) is 13.5 Å². The molecule has 0 bridgehead atoms. The maximum Gasteiger partial charge on any atom is 0.271 e. The number of nitrogens with zero attached hydrogens (tertiary/aromatic N) is 3. The molecule has 2 rings (SSSR count). The first kappa shape index (κ1) is 14.3. The van der Waals surface area contributed by atoms with Gasteiger partial charge >= 0.3 is 0 Å². The number of nitrogen functional groups attached to an aromatic ring is 1. The van der Waals surface area contributed by atoms with Crippen molar-refractivity contribution in [3.8, 4) is 0 Å². The molecule has 2 aromatic heterocycles. The van der Waals surface area contributed by atoms with Crippen molar-refractivity contribution in [3.05, 3.63) is 41.1 Å². The van der Waals surface area contributed by atoms with E-state index in [1.807, 2.05) is 17.8 Å². The molecular formula is C12H15ClN6O. The number of nitrogens with two attached hydrogens (primary N) is 1. The third-order valence-electron chi connectivity index (χ3n) is 2.76. The topological polar surface area (TPSA) is 97.9 Å². The Bertz CT molecular complexity index is 612. The molecule has 0 aliphatic carbocycles. The second-order valence-corrected chi connectivity index (χ2v) is 4.54. The van der Waals surface area contributed by atoms with E-state index in [1.54, 1.807) is 18.3 Å². The molecule has 1 amide bonds. The van der Waals surface area contributed by atoms with Crippen LogP contribution in [0.4, 0.5) is 5.82 Å². The number of rotatable bonds is 5. The van der Waals surface area contributed by atoms with Crippen molar-refractivity contribution in [1.29, 1.82) is 0 Å². The summed E-state index contributed by atoms with van der Waals surface area (Å²) in [5, 5.41) is 3.03. The minimum atomic E-state index is -0.346. The van der Waals surface area contributed by atoms with Gasteiger partial charge in [-0.15, -0.1) is 0 Å². The van der Waals surface area contributed by atoms with Gasteiger partial charge in [0.05, 0.1) is 5.02 Å². The molecule has 4 N–H and O–H groups in total. The number of imidazole rings is 1. The summed E-state index contributed by atoms with van der Waals surface area (Å²) in [6, 6.07) is 3.16. The van der Waals surface area contributed by atoms with Crippen molar-refractivity contribution < 1.29 is 4.79 Å². The molecule has 2 heterocycles. The zero-order chi connectivity index (χ0) is 14.5. The Morgan fingerprint density at radius 1 is 1.50 bits per heavy atom. The Kier molecular flexibility index (Phi) is 4.54. The fraction of sp³-hybridized carbons (Fsp3) is 0.250. The molecule has 2 aromatic rings. The van der Waals surface area contributed by atoms with E-state index in [-0.39, 0.29) is 16.6 Å². The van der Waals surface area contributed by atoms with Crippen LogP contribution in [0.15, 0.2) is 24.5 Å². The molecule has 8 heteroatoms. The van der Waals surface area contributed by atoms with Crippen molar-refractivity contribution in [3.63, 3.8) is 0 Å². The van der Waals surface area contributed by atoms with Crippen LogP contribution in [0.25, 0.3) is 0 Å². The Balaban J connectivity index is 1.96. The molecule has 0 atom stereocenters. The zero-order valence-electron chi connectivity index (χ0n) is 10.9. The van der Waals surface area contributed by atoms with Gasteiger partial charge in [0, 0.05) is 32.4 Å². The van der Waals surface area contributed by atoms with Crippen LogP contribution in [-0.4, -0.2) is 27.0 Å². The number of hydrazine groups is 1. The van der Waals surface area contributed by atoms with Crippen LogP contribution in [0.5, 0.6) is 0 Å². The summed E-state index contributed by atoms with van der Waals surface area (Å²) in [6.45, 7) is 0.446. The molecule has 20 heavy (non-hydrogen) atoms. The first-order valence-corrected chi connectivity index (χ1v) is 6.37. The number of pyridine rings is 1. The van der Waals surface area contributed by atoms with Gasteiger partial charge in [-0.2, -0.15) is 0 Å². The number of carbonyl (C=O) groups excluding carboxylic acids is 1. The Morgan fingerprint density at radius 2 is 2.30 bits per heavy atom. The Labute approximate surface area is 121 Å². The van der Waals surface area contributed by atoms with Crippen molar-refractivity contribution >= 4 is 23.3 Å². The molecular weight excluding hydrogens is 280 g/mol. The molecule has 0 saturated carbocycles. The van der Waals surface area contributed by atoms with Crippen molar-refractivity contribution in [2.45, 2.75) is 6.42 Å². The lowest BCUT2D eigenvalue weighted by Gasteiger charge is -2.07. The van der Waals surface area contributed by atoms with E-state index >= 15 is 0 Å². The summed E-state index contributed by atoms with van der Waals surface area (Å²) in [7, 11) is 1.90. The Hall–Kier alpha value is -2.12. The first-order chi connectivity index (χ1) is 9.61. The van der Waals surface area contributed by atoms with E-state index in [9.17, 15) is 4.79 Å². The van der Waals surface area contributed by atoms with Gasteiger partial charge < -0.3 is 15.3 Å². The minimum Gasteiger partial charge on any atom is -0.350 e. The number of hydrogen-bond donors (Lipinski definition) is 3. The highest BCUT2D eigenvalue weighted by Gasteiger charge is 2.13. The van der Waals surface area contributed by atoms with Crippen LogP contribution in [0.2, 0.25) is 5.02 Å². The van der Waals surface area contributed by atoms with Gasteiger partial charge in [0.1, 0.15) is 17.3 Å². The number of anilines is 1. The number of amides is 1. The van der Waals surface area contributed by atoms with Gasteiger partial charge in [0.15, 0.2) is 0 Å². The highest BCUT2D eigenvalue weighted by Crippen LogP contribution is 2.15. The molecule has 0 radical (unpaired) electrons. The number of hydrogen-bond acceptors (Lipinski definition) is 5. The van der Waals surface area contributed by atoms with Gasteiger partial charge in [-0.1, -0.05) is 11.6 Å². The lowest BCUT2D eigenvalue weighted by Crippen LogP contribution is -2.27. The van der Waals surface area contributed by atoms with Crippen LogP contribution < -0.4 is 16.6 Å². The highest BCUT2D eigenvalue weighted by molar-refractivity contribution is 6.33. The fourth-order valence-corrected chi connectivity index (χ4v) is 1.88. The van der Waals surface area contributed by atoms with E-state index in [2.05, 4.69) is 20.7 Å².